The lowest BCUT2D eigenvalue weighted by atomic mass is 9.86. The Bertz CT molecular complexity index is 556. The highest BCUT2D eigenvalue weighted by atomic mass is 16.5. The average Bonchev–Trinajstić information content (AvgIpc) is 2.97. The number of carboxylic acids is 1. The van der Waals surface area contributed by atoms with E-state index in [1.165, 1.54) is 0 Å². The van der Waals surface area contributed by atoms with E-state index < -0.39 is 11.9 Å². The van der Waals surface area contributed by atoms with E-state index in [-0.39, 0.29) is 24.3 Å². The van der Waals surface area contributed by atoms with Crippen LogP contribution in [0, 0.1) is 5.92 Å². The molecular weight excluding hydrogens is 310 g/mol. The highest BCUT2D eigenvalue weighted by Gasteiger charge is 2.29. The minimum atomic E-state index is -0.819. The van der Waals surface area contributed by atoms with Crippen LogP contribution in [-0.2, 0) is 16.0 Å². The van der Waals surface area contributed by atoms with Crippen LogP contribution in [0.5, 0.6) is 0 Å². The van der Waals surface area contributed by atoms with Gasteiger partial charge in [-0.3, -0.25) is 9.59 Å². The molecule has 2 rings (SSSR count). The molecule has 0 radical (unpaired) electrons. The van der Waals surface area contributed by atoms with Crippen molar-refractivity contribution in [3.05, 3.63) is 11.7 Å². The molecule has 1 fully saturated rings. The summed E-state index contributed by atoms with van der Waals surface area (Å²) in [6.07, 6.45) is 5.97. The Balaban J connectivity index is 1.87. The summed E-state index contributed by atoms with van der Waals surface area (Å²) in [6.45, 7) is 3.95. The van der Waals surface area contributed by atoms with Gasteiger partial charge in [0.05, 0.1) is 5.92 Å². The number of nitrogens with one attached hydrogen (secondary N) is 1. The Labute approximate surface area is 142 Å². The van der Waals surface area contributed by atoms with Crippen LogP contribution in [0.25, 0.3) is 0 Å². The van der Waals surface area contributed by atoms with Gasteiger partial charge in [0.1, 0.15) is 0 Å². The predicted molar refractivity (Wildman–Crippen MR) is 87.5 cm³/mol. The van der Waals surface area contributed by atoms with E-state index in [9.17, 15) is 14.7 Å². The smallest absolute Gasteiger partial charge is 0.308 e. The van der Waals surface area contributed by atoms with Crippen molar-refractivity contribution in [3.63, 3.8) is 0 Å². The van der Waals surface area contributed by atoms with Crippen LogP contribution >= 0.6 is 0 Å². The van der Waals surface area contributed by atoms with E-state index in [0.717, 1.165) is 32.1 Å². The molecule has 1 aliphatic carbocycles. The fourth-order valence-electron chi connectivity index (χ4n) is 3.06. The molecule has 2 unspecified atom stereocenters. The zero-order valence-corrected chi connectivity index (χ0v) is 14.5. The lowest BCUT2D eigenvalue weighted by Crippen LogP contribution is -2.44. The first-order valence-corrected chi connectivity index (χ1v) is 8.82. The molecule has 0 aromatic carbocycles. The molecule has 24 heavy (non-hydrogen) atoms. The van der Waals surface area contributed by atoms with Crippen molar-refractivity contribution in [2.24, 2.45) is 5.92 Å². The molecule has 0 aliphatic heterocycles. The van der Waals surface area contributed by atoms with E-state index in [2.05, 4.69) is 15.5 Å². The maximum atomic E-state index is 12.2. The second-order valence-electron chi connectivity index (χ2n) is 6.81. The molecule has 1 aromatic rings. The van der Waals surface area contributed by atoms with Gasteiger partial charge in [0.15, 0.2) is 5.82 Å². The van der Waals surface area contributed by atoms with Gasteiger partial charge in [-0.05, 0) is 12.8 Å². The number of carboxylic acid groups (broad SMARTS) is 1. The Morgan fingerprint density at radius 1 is 1.25 bits per heavy atom. The van der Waals surface area contributed by atoms with Crippen molar-refractivity contribution in [2.75, 3.05) is 0 Å². The summed E-state index contributed by atoms with van der Waals surface area (Å²) in [5.74, 6) is -0.206. The van der Waals surface area contributed by atoms with Crippen molar-refractivity contribution < 1.29 is 19.2 Å². The van der Waals surface area contributed by atoms with Crippen LogP contribution in [0.15, 0.2) is 4.52 Å². The minimum absolute atomic E-state index is 0.156. The average molecular weight is 337 g/mol. The first-order valence-electron chi connectivity index (χ1n) is 8.82. The third kappa shape index (κ3) is 5.32. The number of aryl methyl sites for hydroxylation is 1. The normalized spacial score (nSPS) is 22.0. The molecule has 2 atom stereocenters. The number of carbonyl (C=O) groups is 2. The largest absolute Gasteiger partial charge is 0.481 e. The standard InChI is InChI=1S/C17H27N3O4/c1-11(2)16-19-15(24-20-16)10-9-14(21)18-13-8-6-4-3-5-7-12(13)17(22)23/h11-13H,3-10H2,1-2H3,(H,18,21)(H,22,23). The van der Waals surface area contributed by atoms with Gasteiger partial charge in [-0.15, -0.1) is 0 Å². The van der Waals surface area contributed by atoms with Gasteiger partial charge in [0, 0.05) is 24.8 Å². The quantitative estimate of drug-likeness (QED) is 0.827. The van der Waals surface area contributed by atoms with Crippen LogP contribution in [0.2, 0.25) is 0 Å². The van der Waals surface area contributed by atoms with Crippen LogP contribution in [0.1, 0.15) is 76.4 Å². The topological polar surface area (TPSA) is 105 Å². The lowest BCUT2D eigenvalue weighted by Gasteiger charge is -2.27. The summed E-state index contributed by atoms with van der Waals surface area (Å²) in [5, 5.41) is 16.2. The lowest BCUT2D eigenvalue weighted by molar-refractivity contribution is -0.143. The van der Waals surface area contributed by atoms with Crippen LogP contribution in [0.4, 0.5) is 0 Å². The van der Waals surface area contributed by atoms with Gasteiger partial charge in [-0.1, -0.05) is 44.7 Å². The van der Waals surface area contributed by atoms with E-state index in [1.807, 2.05) is 13.8 Å². The number of hydrogen-bond acceptors (Lipinski definition) is 5. The van der Waals surface area contributed by atoms with Crippen LogP contribution in [0.3, 0.4) is 0 Å². The second-order valence-corrected chi connectivity index (χ2v) is 6.81. The van der Waals surface area contributed by atoms with E-state index in [0.29, 0.717) is 24.6 Å². The molecule has 1 amide bonds. The number of aromatic nitrogens is 2. The highest BCUT2D eigenvalue weighted by Crippen LogP contribution is 2.23. The predicted octanol–water partition coefficient (Wildman–Crippen LogP) is 2.67. The summed E-state index contributed by atoms with van der Waals surface area (Å²) in [4.78, 5) is 27.9. The zero-order valence-electron chi connectivity index (χ0n) is 14.5. The van der Waals surface area contributed by atoms with Crippen LogP contribution in [-0.4, -0.2) is 33.2 Å². The molecule has 0 saturated heterocycles. The third-order valence-corrected chi connectivity index (χ3v) is 4.50. The first kappa shape index (κ1) is 18.4. The van der Waals surface area contributed by atoms with Gasteiger partial charge in [-0.25, -0.2) is 0 Å². The molecule has 1 aromatic heterocycles. The second kappa shape index (κ2) is 8.80. The molecule has 1 heterocycles. The maximum Gasteiger partial charge on any atom is 0.308 e. The van der Waals surface area contributed by atoms with E-state index >= 15 is 0 Å². The number of carbonyl (C=O) groups excluding carboxylic acids is 1. The number of amides is 1. The zero-order chi connectivity index (χ0) is 17.5. The van der Waals surface area contributed by atoms with Crippen molar-refractivity contribution in [3.8, 4) is 0 Å². The highest BCUT2D eigenvalue weighted by molar-refractivity contribution is 5.78. The Hall–Kier alpha value is -1.92. The van der Waals surface area contributed by atoms with E-state index in [4.69, 9.17) is 4.52 Å². The number of nitrogens with zero attached hydrogens (tertiary/aromatic N) is 2. The summed E-state index contributed by atoms with van der Waals surface area (Å²) in [6, 6.07) is -0.288. The molecule has 7 nitrogen and oxygen atoms in total. The van der Waals surface area contributed by atoms with Gasteiger partial charge in [0.25, 0.3) is 0 Å². The minimum Gasteiger partial charge on any atom is -0.481 e. The fraction of sp³-hybridized carbons (Fsp3) is 0.765. The fourth-order valence-corrected chi connectivity index (χ4v) is 3.06. The van der Waals surface area contributed by atoms with Gasteiger partial charge >= 0.3 is 5.97 Å². The van der Waals surface area contributed by atoms with Crippen molar-refractivity contribution in [1.29, 1.82) is 0 Å². The molecule has 0 spiro atoms. The molecule has 134 valence electrons. The molecular formula is C17H27N3O4. The SMILES string of the molecule is CC(C)c1noc(CCC(=O)NC2CCCCCCC2C(=O)O)n1. The summed E-state index contributed by atoms with van der Waals surface area (Å²) < 4.78 is 5.13. The number of hydrogen-bond donors (Lipinski definition) is 2. The van der Waals surface area contributed by atoms with Gasteiger partial charge in [0.2, 0.25) is 11.8 Å². The van der Waals surface area contributed by atoms with Gasteiger partial charge in [-0.2, -0.15) is 4.98 Å². The van der Waals surface area contributed by atoms with Crippen molar-refractivity contribution >= 4 is 11.9 Å². The first-order chi connectivity index (χ1) is 11.5. The van der Waals surface area contributed by atoms with Crippen molar-refractivity contribution in [2.45, 2.75) is 77.2 Å². The molecule has 2 N–H and O–H groups in total. The Kier molecular flexibility index (Phi) is 6.75. The maximum absolute atomic E-state index is 12.2. The molecule has 1 saturated carbocycles. The number of aliphatic carboxylic acids is 1. The summed E-state index contributed by atoms with van der Waals surface area (Å²) >= 11 is 0. The molecule has 1 aliphatic rings. The summed E-state index contributed by atoms with van der Waals surface area (Å²) in [5.41, 5.74) is 0. The monoisotopic (exact) mass is 337 g/mol. The third-order valence-electron chi connectivity index (χ3n) is 4.50. The Morgan fingerprint density at radius 2 is 1.96 bits per heavy atom. The van der Waals surface area contributed by atoms with E-state index in [1.54, 1.807) is 0 Å². The number of rotatable bonds is 6. The van der Waals surface area contributed by atoms with Gasteiger partial charge < -0.3 is 14.9 Å². The molecule has 0 bridgehead atoms. The molecule has 7 heteroatoms. The summed E-state index contributed by atoms with van der Waals surface area (Å²) in [7, 11) is 0. The van der Waals surface area contributed by atoms with Crippen LogP contribution < -0.4 is 5.32 Å². The van der Waals surface area contributed by atoms with Crippen molar-refractivity contribution in [1.82, 2.24) is 15.5 Å². The Morgan fingerprint density at radius 3 is 2.58 bits per heavy atom.